The van der Waals surface area contributed by atoms with Crippen LogP contribution in [0.1, 0.15) is 16.8 Å². The van der Waals surface area contributed by atoms with E-state index in [9.17, 15) is 19.2 Å². The maximum atomic E-state index is 12.9. The lowest BCUT2D eigenvalue weighted by atomic mass is 9.63. The molecular formula is C21H20N2O5. The molecule has 1 saturated heterocycles. The minimum Gasteiger partial charge on any atom is -0.465 e. The highest BCUT2D eigenvalue weighted by Crippen LogP contribution is 2.65. The van der Waals surface area contributed by atoms with Crippen molar-refractivity contribution in [3.8, 4) is 0 Å². The van der Waals surface area contributed by atoms with Crippen LogP contribution in [-0.4, -0.2) is 42.2 Å². The largest absolute Gasteiger partial charge is 0.465 e. The number of likely N-dealkylation sites (tertiary alicyclic amines) is 1. The number of anilines is 1. The van der Waals surface area contributed by atoms with Gasteiger partial charge in [-0.3, -0.25) is 19.3 Å². The first kappa shape index (κ1) is 17.2. The summed E-state index contributed by atoms with van der Waals surface area (Å²) in [4.78, 5) is 50.8. The Labute approximate surface area is 161 Å². The van der Waals surface area contributed by atoms with Crippen LogP contribution in [0.5, 0.6) is 0 Å². The third-order valence-electron chi connectivity index (χ3n) is 6.65. The van der Waals surface area contributed by atoms with Gasteiger partial charge in [0.2, 0.25) is 17.7 Å². The second-order valence-corrected chi connectivity index (χ2v) is 8.03. The second-order valence-electron chi connectivity index (χ2n) is 8.03. The lowest BCUT2D eigenvalue weighted by Gasteiger charge is -2.37. The van der Waals surface area contributed by atoms with Crippen LogP contribution in [0.3, 0.4) is 0 Å². The second kappa shape index (κ2) is 6.02. The number of hydrogen-bond donors (Lipinski definition) is 1. The molecule has 1 heterocycles. The van der Waals surface area contributed by atoms with Crippen molar-refractivity contribution in [2.45, 2.75) is 6.42 Å². The van der Waals surface area contributed by atoms with Crippen molar-refractivity contribution in [3.63, 3.8) is 0 Å². The molecule has 5 aliphatic rings. The third-order valence-corrected chi connectivity index (χ3v) is 6.65. The first-order chi connectivity index (χ1) is 13.5. The quantitative estimate of drug-likeness (QED) is 0.485. The molecular weight excluding hydrogens is 360 g/mol. The van der Waals surface area contributed by atoms with Gasteiger partial charge < -0.3 is 10.1 Å². The van der Waals surface area contributed by atoms with Gasteiger partial charge in [0.25, 0.3) is 0 Å². The smallest absolute Gasteiger partial charge is 0.337 e. The number of esters is 1. The van der Waals surface area contributed by atoms with E-state index in [-0.39, 0.29) is 42.0 Å². The molecule has 1 aromatic rings. The summed E-state index contributed by atoms with van der Waals surface area (Å²) in [6.07, 6.45) is 5.33. The Morgan fingerprint density at radius 3 is 2.14 bits per heavy atom. The number of carbonyl (C=O) groups excluding carboxylic acids is 4. The summed E-state index contributed by atoms with van der Waals surface area (Å²) >= 11 is 0. The van der Waals surface area contributed by atoms with Crippen LogP contribution >= 0.6 is 0 Å². The number of nitrogens with zero attached hydrogens (tertiary/aromatic N) is 1. The molecule has 1 aromatic carbocycles. The summed E-state index contributed by atoms with van der Waals surface area (Å²) in [6.45, 7) is -0.280. The Bertz CT molecular complexity index is 885. The minimum absolute atomic E-state index is 0.148. The van der Waals surface area contributed by atoms with E-state index in [2.05, 4.69) is 22.2 Å². The van der Waals surface area contributed by atoms with Crippen LogP contribution in [0.25, 0.3) is 0 Å². The SMILES string of the molecule is COC(=O)c1ccc(NC(=O)CN2C(=O)[C@@H]3[C@@H]4C=C[C@H]([C@H]5C[C@H]45)[C@@H]3C2=O)cc1. The average molecular weight is 380 g/mol. The zero-order chi connectivity index (χ0) is 19.6. The summed E-state index contributed by atoms with van der Waals surface area (Å²) in [7, 11) is 1.30. The molecule has 3 amide bonds. The Morgan fingerprint density at radius 2 is 1.61 bits per heavy atom. The molecule has 1 aliphatic heterocycles. The number of methoxy groups -OCH3 is 1. The fourth-order valence-electron chi connectivity index (χ4n) is 5.33. The molecule has 144 valence electrons. The van der Waals surface area contributed by atoms with E-state index < -0.39 is 11.9 Å². The van der Waals surface area contributed by atoms with Gasteiger partial charge in [0.1, 0.15) is 6.54 Å². The summed E-state index contributed by atoms with van der Waals surface area (Å²) in [5, 5.41) is 2.68. The number of rotatable bonds is 4. The van der Waals surface area contributed by atoms with Crippen LogP contribution in [0.4, 0.5) is 5.69 Å². The predicted molar refractivity (Wildman–Crippen MR) is 97.8 cm³/mol. The van der Waals surface area contributed by atoms with Gasteiger partial charge in [-0.25, -0.2) is 4.79 Å². The molecule has 7 heteroatoms. The highest BCUT2D eigenvalue weighted by molar-refractivity contribution is 6.09. The van der Waals surface area contributed by atoms with Gasteiger partial charge >= 0.3 is 5.97 Å². The van der Waals surface area contributed by atoms with Gasteiger partial charge in [0.15, 0.2) is 0 Å². The van der Waals surface area contributed by atoms with Crippen molar-refractivity contribution in [1.29, 1.82) is 0 Å². The number of amides is 3. The predicted octanol–water partition coefficient (Wildman–Crippen LogP) is 1.46. The summed E-state index contributed by atoms with van der Waals surface area (Å²) in [5.74, 6) is -0.536. The Kier molecular flexibility index (Phi) is 3.69. The Balaban J connectivity index is 1.27. The van der Waals surface area contributed by atoms with Crippen molar-refractivity contribution < 1.29 is 23.9 Å². The summed E-state index contributed by atoms with van der Waals surface area (Å²) in [5.41, 5.74) is 0.855. The Morgan fingerprint density at radius 1 is 1.04 bits per heavy atom. The zero-order valence-corrected chi connectivity index (χ0v) is 15.3. The van der Waals surface area contributed by atoms with Gasteiger partial charge in [-0.15, -0.1) is 0 Å². The van der Waals surface area contributed by atoms with E-state index in [4.69, 9.17) is 0 Å². The van der Waals surface area contributed by atoms with E-state index in [1.54, 1.807) is 12.1 Å². The summed E-state index contributed by atoms with van der Waals surface area (Å²) in [6, 6.07) is 6.24. The van der Waals surface area contributed by atoms with Crippen LogP contribution in [0.2, 0.25) is 0 Å². The molecule has 4 aliphatic carbocycles. The van der Waals surface area contributed by atoms with E-state index in [1.165, 1.54) is 19.2 Å². The molecule has 6 atom stereocenters. The van der Waals surface area contributed by atoms with Crippen LogP contribution in [0, 0.1) is 35.5 Å². The molecule has 0 aromatic heterocycles. The molecule has 0 unspecified atom stereocenters. The molecule has 28 heavy (non-hydrogen) atoms. The molecule has 6 rings (SSSR count). The normalized spacial score (nSPS) is 34.1. The fraction of sp³-hybridized carbons (Fsp3) is 0.429. The molecule has 2 bridgehead atoms. The van der Waals surface area contributed by atoms with Gasteiger partial charge in [0.05, 0.1) is 24.5 Å². The first-order valence-electron chi connectivity index (χ1n) is 9.51. The van der Waals surface area contributed by atoms with E-state index in [0.29, 0.717) is 23.1 Å². The number of hydrogen-bond acceptors (Lipinski definition) is 5. The van der Waals surface area contributed by atoms with Gasteiger partial charge in [0, 0.05) is 5.69 Å². The number of carbonyl (C=O) groups is 4. The lowest BCUT2D eigenvalue weighted by Crippen LogP contribution is -2.40. The van der Waals surface area contributed by atoms with Crippen molar-refractivity contribution in [2.24, 2.45) is 35.5 Å². The average Bonchev–Trinajstić information content (AvgIpc) is 3.49. The number of imide groups is 1. The van der Waals surface area contributed by atoms with Crippen LogP contribution in [-0.2, 0) is 19.1 Å². The van der Waals surface area contributed by atoms with Crippen LogP contribution in [0.15, 0.2) is 36.4 Å². The van der Waals surface area contributed by atoms with Crippen molar-refractivity contribution in [2.75, 3.05) is 19.0 Å². The van der Waals surface area contributed by atoms with E-state index in [0.717, 1.165) is 11.3 Å². The molecule has 3 fully saturated rings. The fourth-order valence-corrected chi connectivity index (χ4v) is 5.33. The highest BCUT2D eigenvalue weighted by Gasteiger charge is 2.67. The maximum Gasteiger partial charge on any atom is 0.337 e. The monoisotopic (exact) mass is 380 g/mol. The standard InChI is InChI=1S/C21H20N2O5/c1-28-21(27)10-2-4-11(5-3-10)22-16(24)9-23-19(25)17-12-6-7-13(15-8-14(12)15)18(17)20(23)26/h2-7,12-15,17-18H,8-9H2,1H3,(H,22,24)/t12-,13-,14-,15-,17-,18+/m1/s1. The van der Waals surface area contributed by atoms with Gasteiger partial charge in [-0.05, 0) is 54.4 Å². The van der Waals surface area contributed by atoms with E-state index >= 15 is 0 Å². The van der Waals surface area contributed by atoms with Crippen molar-refractivity contribution in [3.05, 3.63) is 42.0 Å². The van der Waals surface area contributed by atoms with Crippen molar-refractivity contribution >= 4 is 29.4 Å². The number of benzene rings is 1. The van der Waals surface area contributed by atoms with Crippen molar-refractivity contribution in [1.82, 2.24) is 4.90 Å². The molecule has 2 saturated carbocycles. The van der Waals surface area contributed by atoms with E-state index in [1.807, 2.05) is 0 Å². The zero-order valence-electron chi connectivity index (χ0n) is 15.3. The molecule has 1 N–H and O–H groups in total. The van der Waals surface area contributed by atoms with Gasteiger partial charge in [-0.1, -0.05) is 12.2 Å². The van der Waals surface area contributed by atoms with Gasteiger partial charge in [-0.2, -0.15) is 0 Å². The topological polar surface area (TPSA) is 92.8 Å². The molecule has 0 radical (unpaired) electrons. The number of nitrogens with one attached hydrogen (secondary N) is 1. The Hall–Kier alpha value is -2.96. The molecule has 7 nitrogen and oxygen atoms in total. The first-order valence-corrected chi connectivity index (χ1v) is 9.51. The lowest BCUT2D eigenvalue weighted by molar-refractivity contribution is -0.142. The number of allylic oxidation sites excluding steroid dienone is 2. The maximum absolute atomic E-state index is 12.9. The van der Waals surface area contributed by atoms with Crippen LogP contribution < -0.4 is 5.32 Å². The summed E-state index contributed by atoms with van der Waals surface area (Å²) < 4.78 is 4.64. The minimum atomic E-state index is -0.463. The number of ether oxygens (including phenoxy) is 1. The third kappa shape index (κ3) is 2.42. The highest BCUT2D eigenvalue weighted by atomic mass is 16.5. The molecule has 0 spiro atoms.